The molecule has 4 nitrogen and oxygen atoms in total. The molecular weight excluding hydrogens is 252 g/mol. The normalized spacial score (nSPS) is 24.4. The first-order chi connectivity index (χ1) is 9.72. The van der Waals surface area contributed by atoms with Gasteiger partial charge < -0.3 is 10.0 Å². The number of hydrogen-bond donors (Lipinski definition) is 1. The van der Waals surface area contributed by atoms with Crippen LogP contribution in [0.15, 0.2) is 30.3 Å². The van der Waals surface area contributed by atoms with Gasteiger partial charge >= 0.3 is 0 Å². The van der Waals surface area contributed by atoms with Crippen LogP contribution in [0.2, 0.25) is 0 Å². The van der Waals surface area contributed by atoms with Crippen molar-refractivity contribution in [3.8, 4) is 0 Å². The largest absolute Gasteiger partial charge is 0.390 e. The molecule has 1 unspecified atom stereocenters. The van der Waals surface area contributed by atoms with Crippen molar-refractivity contribution in [2.75, 3.05) is 26.2 Å². The topological polar surface area (TPSA) is 43.8 Å². The molecule has 0 aromatic heterocycles. The Bertz CT molecular complexity index is 459. The fourth-order valence-electron chi connectivity index (χ4n) is 2.83. The van der Waals surface area contributed by atoms with Gasteiger partial charge in [-0.3, -0.25) is 9.69 Å². The fraction of sp³-hybridized carbons (Fsp3) is 0.562. The molecule has 108 valence electrons. The number of carbonyl (C=O) groups is 1. The average Bonchev–Trinajstić information content (AvgIpc) is 3.27. The van der Waals surface area contributed by atoms with Gasteiger partial charge in [0.25, 0.3) is 0 Å². The Kier molecular flexibility index (Phi) is 4.03. The molecule has 1 aromatic carbocycles. The highest BCUT2D eigenvalue weighted by Crippen LogP contribution is 2.31. The third-order valence-electron chi connectivity index (χ3n) is 4.07. The number of benzene rings is 1. The molecule has 20 heavy (non-hydrogen) atoms. The Balaban J connectivity index is 1.59. The van der Waals surface area contributed by atoms with Gasteiger partial charge in [0.15, 0.2) is 0 Å². The molecule has 3 rings (SSSR count). The van der Waals surface area contributed by atoms with Crippen LogP contribution in [0, 0.1) is 5.92 Å². The van der Waals surface area contributed by atoms with Crippen LogP contribution >= 0.6 is 0 Å². The summed E-state index contributed by atoms with van der Waals surface area (Å²) in [6.07, 6.45) is 1.61. The van der Waals surface area contributed by atoms with Gasteiger partial charge in [0.2, 0.25) is 5.91 Å². The molecule has 1 atom stereocenters. The van der Waals surface area contributed by atoms with E-state index in [1.165, 1.54) is 5.56 Å². The number of aliphatic hydroxyl groups is 1. The van der Waals surface area contributed by atoms with E-state index in [2.05, 4.69) is 17.0 Å². The molecule has 1 aromatic rings. The van der Waals surface area contributed by atoms with Crippen molar-refractivity contribution in [2.45, 2.75) is 25.5 Å². The van der Waals surface area contributed by atoms with Crippen molar-refractivity contribution < 1.29 is 9.90 Å². The average molecular weight is 274 g/mol. The highest BCUT2D eigenvalue weighted by molar-refractivity contribution is 5.81. The van der Waals surface area contributed by atoms with Crippen molar-refractivity contribution in [3.05, 3.63) is 35.9 Å². The smallest absolute Gasteiger partial charge is 0.225 e. The first-order valence-corrected chi connectivity index (χ1v) is 7.45. The minimum atomic E-state index is -0.441. The minimum Gasteiger partial charge on any atom is -0.390 e. The maximum absolute atomic E-state index is 12.1. The van der Waals surface area contributed by atoms with Gasteiger partial charge in [-0.25, -0.2) is 0 Å². The molecule has 2 fully saturated rings. The molecule has 2 aliphatic rings. The summed E-state index contributed by atoms with van der Waals surface area (Å²) in [5.41, 5.74) is 1.25. The van der Waals surface area contributed by atoms with Crippen LogP contribution < -0.4 is 0 Å². The van der Waals surface area contributed by atoms with Crippen LogP contribution in [0.1, 0.15) is 18.4 Å². The van der Waals surface area contributed by atoms with E-state index in [0.29, 0.717) is 13.1 Å². The summed E-state index contributed by atoms with van der Waals surface area (Å²) in [5.74, 6) is 0.480. The number of aliphatic hydroxyl groups excluding tert-OH is 1. The number of β-amino-alcohol motifs (C(OH)–C–C–N with tert-alkyl or cyclic N) is 1. The third kappa shape index (κ3) is 3.38. The van der Waals surface area contributed by atoms with E-state index in [9.17, 15) is 9.90 Å². The zero-order valence-electron chi connectivity index (χ0n) is 11.7. The molecule has 1 heterocycles. The summed E-state index contributed by atoms with van der Waals surface area (Å²) < 4.78 is 0. The summed E-state index contributed by atoms with van der Waals surface area (Å²) in [4.78, 5) is 16.2. The lowest BCUT2D eigenvalue weighted by Gasteiger charge is -2.21. The van der Waals surface area contributed by atoms with Crippen LogP contribution in [0.4, 0.5) is 0 Å². The number of hydrogen-bond acceptors (Lipinski definition) is 3. The quantitative estimate of drug-likeness (QED) is 0.897. The van der Waals surface area contributed by atoms with E-state index in [1.807, 2.05) is 23.1 Å². The van der Waals surface area contributed by atoms with Gasteiger partial charge in [-0.1, -0.05) is 30.3 Å². The van der Waals surface area contributed by atoms with Crippen molar-refractivity contribution in [1.82, 2.24) is 9.80 Å². The summed E-state index contributed by atoms with van der Waals surface area (Å²) in [7, 11) is 0. The monoisotopic (exact) mass is 274 g/mol. The molecule has 0 radical (unpaired) electrons. The van der Waals surface area contributed by atoms with E-state index >= 15 is 0 Å². The first-order valence-electron chi connectivity index (χ1n) is 7.45. The minimum absolute atomic E-state index is 0.239. The van der Waals surface area contributed by atoms with E-state index in [4.69, 9.17) is 0 Å². The van der Waals surface area contributed by atoms with E-state index in [1.54, 1.807) is 0 Å². The number of rotatable bonds is 3. The van der Waals surface area contributed by atoms with E-state index < -0.39 is 6.10 Å². The second kappa shape index (κ2) is 5.94. The molecule has 4 heteroatoms. The van der Waals surface area contributed by atoms with Gasteiger partial charge in [0.05, 0.1) is 6.10 Å². The Morgan fingerprint density at radius 3 is 2.60 bits per heavy atom. The predicted molar refractivity (Wildman–Crippen MR) is 77.0 cm³/mol. The molecule has 1 aliphatic carbocycles. The highest BCUT2D eigenvalue weighted by Gasteiger charge is 2.35. The summed E-state index contributed by atoms with van der Waals surface area (Å²) in [6, 6.07) is 10.3. The fourth-order valence-corrected chi connectivity index (χ4v) is 2.83. The lowest BCUT2D eigenvalue weighted by atomic mass is 10.2. The molecule has 1 N–H and O–H groups in total. The van der Waals surface area contributed by atoms with Crippen LogP contribution in [0.5, 0.6) is 0 Å². The van der Waals surface area contributed by atoms with Gasteiger partial charge in [-0.2, -0.15) is 0 Å². The van der Waals surface area contributed by atoms with E-state index in [0.717, 1.165) is 32.5 Å². The molecular formula is C16H22N2O2. The molecule has 0 spiro atoms. The lowest BCUT2D eigenvalue weighted by molar-refractivity contribution is -0.133. The van der Waals surface area contributed by atoms with Crippen molar-refractivity contribution in [3.63, 3.8) is 0 Å². The number of nitrogens with zero attached hydrogens (tertiary/aromatic N) is 2. The number of amides is 1. The Hall–Kier alpha value is -1.39. The van der Waals surface area contributed by atoms with Gasteiger partial charge in [0.1, 0.15) is 0 Å². The zero-order chi connectivity index (χ0) is 13.9. The zero-order valence-corrected chi connectivity index (χ0v) is 11.7. The van der Waals surface area contributed by atoms with Gasteiger partial charge in [0, 0.05) is 38.6 Å². The second-order valence-corrected chi connectivity index (χ2v) is 5.93. The van der Waals surface area contributed by atoms with Crippen molar-refractivity contribution >= 4 is 5.91 Å². The summed E-state index contributed by atoms with van der Waals surface area (Å²) in [6.45, 7) is 3.54. The predicted octanol–water partition coefficient (Wildman–Crippen LogP) is 1.10. The second-order valence-electron chi connectivity index (χ2n) is 5.93. The summed E-state index contributed by atoms with van der Waals surface area (Å²) in [5, 5.41) is 10.1. The van der Waals surface area contributed by atoms with E-state index in [-0.39, 0.29) is 11.8 Å². The Labute approximate surface area is 120 Å². The van der Waals surface area contributed by atoms with Gasteiger partial charge in [-0.05, 0) is 18.4 Å². The maximum atomic E-state index is 12.1. The number of carbonyl (C=O) groups excluding carboxylic acids is 1. The molecule has 1 saturated carbocycles. The first kappa shape index (κ1) is 13.6. The van der Waals surface area contributed by atoms with Crippen LogP contribution in [-0.4, -0.2) is 53.1 Å². The highest BCUT2D eigenvalue weighted by atomic mass is 16.3. The van der Waals surface area contributed by atoms with Crippen LogP contribution in [0.25, 0.3) is 0 Å². The maximum Gasteiger partial charge on any atom is 0.225 e. The lowest BCUT2D eigenvalue weighted by Crippen LogP contribution is -2.38. The summed E-state index contributed by atoms with van der Waals surface area (Å²) >= 11 is 0. The molecule has 1 saturated heterocycles. The molecule has 1 amide bonds. The van der Waals surface area contributed by atoms with Crippen molar-refractivity contribution in [2.24, 2.45) is 5.92 Å². The Morgan fingerprint density at radius 2 is 1.90 bits per heavy atom. The van der Waals surface area contributed by atoms with Crippen LogP contribution in [0.3, 0.4) is 0 Å². The van der Waals surface area contributed by atoms with Gasteiger partial charge in [-0.15, -0.1) is 0 Å². The van der Waals surface area contributed by atoms with Crippen molar-refractivity contribution in [1.29, 1.82) is 0 Å². The molecule has 0 bridgehead atoms. The standard InChI is InChI=1S/C16H22N2O2/c19-15-11-17(10-13-4-2-1-3-5-13)8-9-18(12-15)16(20)14-6-7-14/h1-5,14-15,19H,6-12H2. The third-order valence-corrected chi connectivity index (χ3v) is 4.07. The van der Waals surface area contributed by atoms with Crippen LogP contribution in [-0.2, 0) is 11.3 Å². The molecule has 1 aliphatic heterocycles. The Morgan fingerprint density at radius 1 is 1.15 bits per heavy atom. The SMILES string of the molecule is O=C(C1CC1)N1CCN(Cc2ccccc2)CC(O)C1.